The standard InChI is InChI=1S/C22H27N3O3/c1-21(2)15-8-10-22(21,3)17(13-15)23-24-18(26)9-11-25-19(27)12-14-6-4-5-7-16(14)20(25)28/h4-7,15H,8-13H2,1-3H3,(H,24,26)/b23-17+/t15-,22+/m0/s1. The van der Waals surface area contributed by atoms with Crippen LogP contribution in [0.1, 0.15) is 62.4 Å². The fourth-order valence-electron chi connectivity index (χ4n) is 5.12. The molecule has 2 aliphatic carbocycles. The Balaban J connectivity index is 1.37. The van der Waals surface area contributed by atoms with Crippen molar-refractivity contribution in [1.82, 2.24) is 10.3 Å². The molecule has 1 aromatic rings. The quantitative estimate of drug-likeness (QED) is 0.643. The van der Waals surface area contributed by atoms with Crippen LogP contribution in [0.3, 0.4) is 0 Å². The Morgan fingerprint density at radius 2 is 2.00 bits per heavy atom. The molecule has 0 spiro atoms. The average molecular weight is 381 g/mol. The predicted octanol–water partition coefficient (Wildman–Crippen LogP) is 2.92. The highest BCUT2D eigenvalue weighted by atomic mass is 16.2. The van der Waals surface area contributed by atoms with Crippen LogP contribution < -0.4 is 5.43 Å². The van der Waals surface area contributed by atoms with E-state index in [4.69, 9.17) is 0 Å². The molecule has 0 unspecified atom stereocenters. The zero-order valence-electron chi connectivity index (χ0n) is 16.7. The summed E-state index contributed by atoms with van der Waals surface area (Å²) in [6.45, 7) is 6.91. The first-order valence-electron chi connectivity index (χ1n) is 10.0. The van der Waals surface area contributed by atoms with E-state index in [2.05, 4.69) is 31.3 Å². The second-order valence-corrected chi connectivity index (χ2v) is 9.02. The van der Waals surface area contributed by atoms with Crippen LogP contribution in [0.15, 0.2) is 29.4 Å². The molecule has 3 aliphatic rings. The molecule has 4 rings (SSSR count). The highest BCUT2D eigenvalue weighted by Crippen LogP contribution is 2.63. The van der Waals surface area contributed by atoms with Crippen LogP contribution in [0.5, 0.6) is 0 Å². The molecule has 2 saturated carbocycles. The number of hydrogen-bond donors (Lipinski definition) is 1. The number of hydrazone groups is 1. The molecule has 1 aliphatic heterocycles. The lowest BCUT2D eigenvalue weighted by Crippen LogP contribution is -2.44. The molecule has 2 atom stereocenters. The number of amides is 3. The van der Waals surface area contributed by atoms with Gasteiger partial charge in [-0.3, -0.25) is 19.3 Å². The van der Waals surface area contributed by atoms with Crippen molar-refractivity contribution >= 4 is 23.4 Å². The van der Waals surface area contributed by atoms with Crippen molar-refractivity contribution in [3.63, 3.8) is 0 Å². The zero-order chi connectivity index (χ0) is 20.1. The number of carbonyl (C=O) groups excluding carboxylic acids is 3. The molecule has 0 aromatic heterocycles. The van der Waals surface area contributed by atoms with Gasteiger partial charge in [0, 0.05) is 29.7 Å². The van der Waals surface area contributed by atoms with Crippen LogP contribution in [0.2, 0.25) is 0 Å². The molecule has 3 amide bonds. The summed E-state index contributed by atoms with van der Waals surface area (Å²) in [6, 6.07) is 7.12. The minimum atomic E-state index is -0.326. The van der Waals surface area contributed by atoms with E-state index < -0.39 is 0 Å². The Morgan fingerprint density at radius 1 is 1.25 bits per heavy atom. The lowest BCUT2D eigenvalue weighted by atomic mass is 9.70. The minimum Gasteiger partial charge on any atom is -0.278 e. The summed E-state index contributed by atoms with van der Waals surface area (Å²) in [5.74, 6) is -0.230. The first kappa shape index (κ1) is 18.8. The lowest BCUT2D eigenvalue weighted by molar-refractivity contribution is -0.129. The number of rotatable bonds is 4. The zero-order valence-corrected chi connectivity index (χ0v) is 16.7. The summed E-state index contributed by atoms with van der Waals surface area (Å²) >= 11 is 0. The number of hydrogen-bond acceptors (Lipinski definition) is 4. The normalized spacial score (nSPS) is 29.3. The Morgan fingerprint density at radius 3 is 2.68 bits per heavy atom. The third kappa shape index (κ3) is 2.77. The van der Waals surface area contributed by atoms with Gasteiger partial charge in [0.05, 0.1) is 6.42 Å². The van der Waals surface area contributed by atoms with Gasteiger partial charge in [-0.05, 0) is 42.2 Å². The van der Waals surface area contributed by atoms with Gasteiger partial charge in [-0.15, -0.1) is 0 Å². The number of imide groups is 1. The Hall–Kier alpha value is -2.50. The molecule has 28 heavy (non-hydrogen) atoms. The summed E-state index contributed by atoms with van der Waals surface area (Å²) in [4.78, 5) is 38.3. The maximum atomic E-state index is 12.6. The molecule has 6 heteroatoms. The van der Waals surface area contributed by atoms with Gasteiger partial charge in [-0.1, -0.05) is 39.0 Å². The van der Waals surface area contributed by atoms with Crippen LogP contribution in [-0.2, 0) is 16.0 Å². The van der Waals surface area contributed by atoms with E-state index in [0.717, 1.165) is 24.1 Å². The number of carbonyl (C=O) groups is 3. The second kappa shape index (κ2) is 6.54. The molecular formula is C22H27N3O3. The molecule has 2 fully saturated rings. The van der Waals surface area contributed by atoms with E-state index in [1.165, 1.54) is 11.3 Å². The summed E-state index contributed by atoms with van der Waals surface area (Å²) in [6.07, 6.45) is 3.51. The van der Waals surface area contributed by atoms with Crippen molar-refractivity contribution in [2.75, 3.05) is 6.54 Å². The van der Waals surface area contributed by atoms with Gasteiger partial charge in [0.25, 0.3) is 5.91 Å². The Kier molecular flexibility index (Phi) is 4.40. The first-order valence-corrected chi connectivity index (χ1v) is 10.0. The van der Waals surface area contributed by atoms with E-state index in [-0.39, 0.29) is 47.9 Å². The first-order chi connectivity index (χ1) is 13.2. The van der Waals surface area contributed by atoms with E-state index in [9.17, 15) is 14.4 Å². The van der Waals surface area contributed by atoms with Crippen LogP contribution in [0.25, 0.3) is 0 Å². The van der Waals surface area contributed by atoms with Gasteiger partial charge in [-0.2, -0.15) is 5.10 Å². The van der Waals surface area contributed by atoms with Gasteiger partial charge >= 0.3 is 0 Å². The molecule has 148 valence electrons. The molecule has 1 heterocycles. The van der Waals surface area contributed by atoms with Gasteiger partial charge in [0.1, 0.15) is 0 Å². The maximum Gasteiger partial charge on any atom is 0.260 e. The van der Waals surface area contributed by atoms with Gasteiger partial charge in [-0.25, -0.2) is 5.43 Å². The summed E-state index contributed by atoms with van der Waals surface area (Å²) in [5, 5.41) is 4.44. The van der Waals surface area contributed by atoms with Crippen molar-refractivity contribution in [2.24, 2.45) is 21.8 Å². The number of nitrogens with one attached hydrogen (secondary N) is 1. The fourth-order valence-corrected chi connectivity index (χ4v) is 5.12. The van der Waals surface area contributed by atoms with Crippen molar-refractivity contribution in [2.45, 2.75) is 52.9 Å². The summed E-state index contributed by atoms with van der Waals surface area (Å²) in [5.41, 5.74) is 5.26. The molecular weight excluding hydrogens is 354 g/mol. The number of fused-ring (bicyclic) bond motifs is 3. The van der Waals surface area contributed by atoms with Crippen molar-refractivity contribution in [1.29, 1.82) is 0 Å². The maximum absolute atomic E-state index is 12.6. The highest BCUT2D eigenvalue weighted by Gasteiger charge is 2.60. The van der Waals surface area contributed by atoms with Gasteiger partial charge in [0.15, 0.2) is 0 Å². The molecule has 6 nitrogen and oxygen atoms in total. The number of benzene rings is 1. The third-order valence-corrected chi connectivity index (χ3v) is 7.53. The molecule has 0 saturated heterocycles. The smallest absolute Gasteiger partial charge is 0.260 e. The SMILES string of the molecule is CC1(C)[C@H]2CC[C@]1(C)/C(=N/NC(=O)CCN1C(=O)Cc3ccccc3C1=O)C2. The second-order valence-electron chi connectivity index (χ2n) is 9.02. The summed E-state index contributed by atoms with van der Waals surface area (Å²) < 4.78 is 0. The van der Waals surface area contributed by atoms with Gasteiger partial charge in [0.2, 0.25) is 11.8 Å². The van der Waals surface area contributed by atoms with Crippen LogP contribution in [0.4, 0.5) is 0 Å². The van der Waals surface area contributed by atoms with E-state index in [0.29, 0.717) is 11.5 Å². The lowest BCUT2D eigenvalue weighted by Gasteiger charge is -2.34. The van der Waals surface area contributed by atoms with Gasteiger partial charge < -0.3 is 0 Å². The predicted molar refractivity (Wildman–Crippen MR) is 106 cm³/mol. The van der Waals surface area contributed by atoms with E-state index in [1.807, 2.05) is 6.07 Å². The van der Waals surface area contributed by atoms with Crippen LogP contribution in [0, 0.1) is 16.7 Å². The number of nitrogens with zero attached hydrogens (tertiary/aromatic N) is 2. The Bertz CT molecular complexity index is 889. The minimum absolute atomic E-state index is 0.0352. The fraction of sp³-hybridized carbons (Fsp3) is 0.545. The van der Waals surface area contributed by atoms with E-state index in [1.54, 1.807) is 18.2 Å². The summed E-state index contributed by atoms with van der Waals surface area (Å²) in [7, 11) is 0. The molecule has 1 N–H and O–H groups in total. The largest absolute Gasteiger partial charge is 0.278 e. The van der Waals surface area contributed by atoms with Crippen molar-refractivity contribution < 1.29 is 14.4 Å². The molecule has 2 bridgehead atoms. The third-order valence-electron chi connectivity index (χ3n) is 7.53. The topological polar surface area (TPSA) is 78.8 Å². The Labute approximate surface area is 165 Å². The van der Waals surface area contributed by atoms with Crippen LogP contribution in [-0.4, -0.2) is 34.9 Å². The van der Waals surface area contributed by atoms with Crippen molar-refractivity contribution in [3.05, 3.63) is 35.4 Å². The molecule has 0 radical (unpaired) electrons. The molecule has 1 aromatic carbocycles. The monoisotopic (exact) mass is 381 g/mol. The average Bonchev–Trinajstić information content (AvgIpc) is 2.99. The van der Waals surface area contributed by atoms with E-state index >= 15 is 0 Å². The van der Waals surface area contributed by atoms with Crippen LogP contribution >= 0.6 is 0 Å². The van der Waals surface area contributed by atoms with Crippen molar-refractivity contribution in [3.8, 4) is 0 Å². The highest BCUT2D eigenvalue weighted by molar-refractivity contribution is 6.09.